The molecule has 0 aliphatic carbocycles. The Kier molecular flexibility index (Phi) is 7.56. The van der Waals surface area contributed by atoms with Crippen molar-refractivity contribution < 1.29 is 23.1 Å². The molecule has 2 aromatic rings. The summed E-state index contributed by atoms with van der Waals surface area (Å²) in [6.07, 6.45) is -0.991. The molecule has 1 amide bonds. The molecule has 0 heterocycles. The molecule has 0 saturated carbocycles. The number of anilines is 1. The van der Waals surface area contributed by atoms with Crippen LogP contribution in [0.5, 0.6) is 5.75 Å². The first-order chi connectivity index (χ1) is 13.2. The number of likely N-dealkylation sites (N-methyl/N-ethyl adjacent to an activating group) is 1. The molecular weight excluding hydrogens is 380 g/mol. The topological polar surface area (TPSA) is 95.9 Å². The van der Waals surface area contributed by atoms with E-state index in [0.717, 1.165) is 5.56 Å². The number of rotatable bonds is 9. The Bertz CT molecular complexity index is 880. The lowest BCUT2D eigenvalue weighted by atomic mass is 10.2. The van der Waals surface area contributed by atoms with Crippen molar-refractivity contribution in [2.75, 3.05) is 25.0 Å². The normalized spacial score (nSPS) is 12.6. The predicted molar refractivity (Wildman–Crippen MR) is 108 cm³/mol. The fourth-order valence-corrected chi connectivity index (χ4v) is 4.06. The third kappa shape index (κ3) is 6.05. The number of benzene rings is 2. The molecule has 2 N–H and O–H groups in total. The summed E-state index contributed by atoms with van der Waals surface area (Å²) in [5.74, 6) is 0.344. The average molecular weight is 407 g/mol. The molecule has 0 bridgehead atoms. The molecule has 8 heteroatoms. The first-order valence-corrected chi connectivity index (χ1v) is 10.4. The monoisotopic (exact) mass is 406 g/mol. The van der Waals surface area contributed by atoms with Crippen LogP contribution < -0.4 is 10.1 Å². The predicted octanol–water partition coefficient (Wildman–Crippen LogP) is 2.40. The molecule has 0 aliphatic heterocycles. The summed E-state index contributed by atoms with van der Waals surface area (Å²) in [6.45, 7) is 5.14. The van der Waals surface area contributed by atoms with E-state index in [1.165, 1.54) is 11.2 Å². The minimum Gasteiger partial charge on any atom is -0.491 e. The quantitative estimate of drug-likeness (QED) is 0.667. The first kappa shape index (κ1) is 21.9. The summed E-state index contributed by atoms with van der Waals surface area (Å²) < 4.78 is 32.2. The van der Waals surface area contributed by atoms with Crippen LogP contribution in [0.1, 0.15) is 19.4 Å². The summed E-state index contributed by atoms with van der Waals surface area (Å²) in [7, 11) is -3.69. The number of nitrogens with one attached hydrogen (secondary N) is 1. The molecule has 0 aromatic heterocycles. The molecule has 2 aromatic carbocycles. The fraction of sp³-hybridized carbons (Fsp3) is 0.350. The van der Waals surface area contributed by atoms with Gasteiger partial charge in [0, 0.05) is 25.7 Å². The molecule has 0 spiro atoms. The number of amides is 1. The fourth-order valence-electron chi connectivity index (χ4n) is 2.57. The second kappa shape index (κ2) is 9.68. The number of carbonyl (C=O) groups excluding carboxylic acids is 1. The smallest absolute Gasteiger partial charge is 0.243 e. The van der Waals surface area contributed by atoms with Crippen LogP contribution in [0.4, 0.5) is 5.69 Å². The average Bonchev–Trinajstić information content (AvgIpc) is 2.65. The first-order valence-electron chi connectivity index (χ1n) is 8.97. The lowest BCUT2D eigenvalue weighted by Gasteiger charge is -2.23. The summed E-state index contributed by atoms with van der Waals surface area (Å²) in [5.41, 5.74) is 1.61. The van der Waals surface area contributed by atoms with E-state index >= 15 is 0 Å². The third-order valence-corrected chi connectivity index (χ3v) is 6.00. The van der Waals surface area contributed by atoms with Gasteiger partial charge in [-0.25, -0.2) is 8.42 Å². The van der Waals surface area contributed by atoms with Crippen LogP contribution >= 0.6 is 0 Å². The number of nitrogens with zero attached hydrogens (tertiary/aromatic N) is 1. The van der Waals surface area contributed by atoms with Crippen molar-refractivity contribution in [2.24, 2.45) is 0 Å². The largest absolute Gasteiger partial charge is 0.491 e. The zero-order valence-corrected chi connectivity index (χ0v) is 17.1. The molecule has 7 nitrogen and oxygen atoms in total. The van der Waals surface area contributed by atoms with Crippen LogP contribution in [0, 0.1) is 6.92 Å². The van der Waals surface area contributed by atoms with E-state index in [1.54, 1.807) is 55.5 Å². The van der Waals surface area contributed by atoms with Gasteiger partial charge in [-0.2, -0.15) is 4.31 Å². The van der Waals surface area contributed by atoms with Crippen LogP contribution in [0.15, 0.2) is 53.4 Å². The van der Waals surface area contributed by atoms with E-state index in [-0.39, 0.29) is 30.5 Å². The summed E-state index contributed by atoms with van der Waals surface area (Å²) in [6, 6.07) is 13.3. The molecule has 1 unspecified atom stereocenters. The van der Waals surface area contributed by atoms with Gasteiger partial charge in [0.2, 0.25) is 15.9 Å². The SMILES string of the molecule is CCN(CC(O)COc1ccc(NC(C)=O)cc1)S(=O)(=O)c1ccc(C)cc1. The number of hydrogen-bond acceptors (Lipinski definition) is 5. The van der Waals surface area contributed by atoms with Crippen LogP contribution in [0.3, 0.4) is 0 Å². The summed E-state index contributed by atoms with van der Waals surface area (Å²) >= 11 is 0. The maximum atomic E-state index is 12.7. The summed E-state index contributed by atoms with van der Waals surface area (Å²) in [5, 5.41) is 12.9. The molecule has 0 radical (unpaired) electrons. The molecule has 28 heavy (non-hydrogen) atoms. The van der Waals surface area contributed by atoms with Gasteiger partial charge in [0.25, 0.3) is 0 Å². The molecular formula is C20H26N2O5S. The van der Waals surface area contributed by atoms with E-state index in [1.807, 2.05) is 6.92 Å². The van der Waals surface area contributed by atoms with E-state index < -0.39 is 16.1 Å². The highest BCUT2D eigenvalue weighted by Crippen LogP contribution is 2.18. The van der Waals surface area contributed by atoms with Crippen molar-refractivity contribution in [2.45, 2.75) is 31.8 Å². The third-order valence-electron chi connectivity index (χ3n) is 4.04. The molecule has 1 atom stereocenters. The van der Waals surface area contributed by atoms with Crippen LogP contribution in [0.2, 0.25) is 0 Å². The number of carbonyl (C=O) groups is 1. The number of sulfonamides is 1. The van der Waals surface area contributed by atoms with Gasteiger partial charge in [-0.1, -0.05) is 24.6 Å². The Balaban J connectivity index is 1.95. The van der Waals surface area contributed by atoms with Gasteiger partial charge in [-0.3, -0.25) is 4.79 Å². The van der Waals surface area contributed by atoms with Gasteiger partial charge in [0.05, 0.1) is 4.90 Å². The van der Waals surface area contributed by atoms with Crippen LogP contribution in [0.25, 0.3) is 0 Å². The van der Waals surface area contributed by atoms with Gasteiger partial charge in [-0.05, 0) is 43.3 Å². The van der Waals surface area contributed by atoms with Gasteiger partial charge in [0.1, 0.15) is 18.5 Å². The second-order valence-corrected chi connectivity index (χ2v) is 8.38. The van der Waals surface area contributed by atoms with Crippen LogP contribution in [-0.4, -0.2) is 49.5 Å². The Hall–Kier alpha value is -2.42. The van der Waals surface area contributed by atoms with E-state index in [4.69, 9.17) is 4.74 Å². The van der Waals surface area contributed by atoms with Crippen molar-refractivity contribution in [3.63, 3.8) is 0 Å². The number of aliphatic hydroxyl groups is 1. The Morgan fingerprint density at radius 2 is 1.75 bits per heavy atom. The Labute approximate surface area is 166 Å². The number of ether oxygens (including phenoxy) is 1. The van der Waals surface area contributed by atoms with E-state index in [2.05, 4.69) is 5.32 Å². The molecule has 2 rings (SSSR count). The van der Waals surface area contributed by atoms with Gasteiger partial charge in [-0.15, -0.1) is 0 Å². The highest BCUT2D eigenvalue weighted by Gasteiger charge is 2.25. The van der Waals surface area contributed by atoms with Crippen molar-refractivity contribution in [1.29, 1.82) is 0 Å². The van der Waals surface area contributed by atoms with Gasteiger partial charge in [0.15, 0.2) is 0 Å². The van der Waals surface area contributed by atoms with E-state index in [0.29, 0.717) is 11.4 Å². The lowest BCUT2D eigenvalue weighted by molar-refractivity contribution is -0.114. The molecule has 152 valence electrons. The lowest BCUT2D eigenvalue weighted by Crippen LogP contribution is -2.39. The zero-order chi connectivity index (χ0) is 20.7. The highest BCUT2D eigenvalue weighted by atomic mass is 32.2. The minimum absolute atomic E-state index is 0.0561. The second-order valence-electron chi connectivity index (χ2n) is 6.44. The number of hydrogen-bond donors (Lipinski definition) is 2. The molecule has 0 aliphatic rings. The Morgan fingerprint density at radius 1 is 1.14 bits per heavy atom. The minimum atomic E-state index is -3.69. The van der Waals surface area contributed by atoms with Gasteiger partial charge >= 0.3 is 0 Å². The number of aliphatic hydroxyl groups excluding tert-OH is 1. The Morgan fingerprint density at radius 3 is 2.29 bits per heavy atom. The molecule has 0 saturated heterocycles. The van der Waals surface area contributed by atoms with Crippen molar-refractivity contribution in [1.82, 2.24) is 4.31 Å². The summed E-state index contributed by atoms with van der Waals surface area (Å²) in [4.78, 5) is 11.2. The maximum Gasteiger partial charge on any atom is 0.243 e. The van der Waals surface area contributed by atoms with Crippen molar-refractivity contribution >= 4 is 21.6 Å². The molecule has 0 fully saturated rings. The highest BCUT2D eigenvalue weighted by molar-refractivity contribution is 7.89. The van der Waals surface area contributed by atoms with Crippen molar-refractivity contribution in [3.8, 4) is 5.75 Å². The van der Waals surface area contributed by atoms with E-state index in [9.17, 15) is 18.3 Å². The van der Waals surface area contributed by atoms with Crippen molar-refractivity contribution in [3.05, 3.63) is 54.1 Å². The maximum absolute atomic E-state index is 12.7. The standard InChI is InChI=1S/C20H26N2O5S/c1-4-22(28(25,26)20-11-5-15(2)6-12-20)13-18(24)14-27-19-9-7-17(8-10-19)21-16(3)23/h5-12,18,24H,4,13-14H2,1-3H3,(H,21,23). The van der Waals surface area contributed by atoms with Gasteiger partial charge < -0.3 is 15.2 Å². The number of aryl methyl sites for hydroxylation is 1. The van der Waals surface area contributed by atoms with Crippen LogP contribution in [-0.2, 0) is 14.8 Å². The zero-order valence-electron chi connectivity index (χ0n) is 16.3.